The monoisotopic (exact) mass is 485 g/mol. The second kappa shape index (κ2) is 8.78. The van der Waals surface area contributed by atoms with E-state index in [9.17, 15) is 4.79 Å². The normalized spacial score (nSPS) is 17.8. The predicted octanol–water partition coefficient (Wildman–Crippen LogP) is 5.09. The molecule has 3 heterocycles. The van der Waals surface area contributed by atoms with Crippen LogP contribution in [0.3, 0.4) is 0 Å². The first-order valence-corrected chi connectivity index (χ1v) is 12.1. The minimum absolute atomic E-state index is 0.0383. The molecule has 0 amide bonds. The van der Waals surface area contributed by atoms with E-state index in [0.29, 0.717) is 13.2 Å². The zero-order valence-electron chi connectivity index (χ0n) is 20.2. The highest BCUT2D eigenvalue weighted by Crippen LogP contribution is 2.42. The van der Waals surface area contributed by atoms with Gasteiger partial charge in [0.25, 0.3) is 0 Å². The molecule has 3 aromatic carbocycles. The number of rotatable bonds is 7. The first kappa shape index (κ1) is 22.3. The molecular formula is C28H27N3O5. The maximum atomic E-state index is 11.1. The van der Waals surface area contributed by atoms with Crippen molar-refractivity contribution < 1.29 is 24.1 Å². The van der Waals surface area contributed by atoms with Crippen LogP contribution in [-0.2, 0) is 11.2 Å². The molecule has 1 aromatic heterocycles. The molecule has 0 fully saturated rings. The van der Waals surface area contributed by atoms with Gasteiger partial charge in [-0.25, -0.2) is 4.98 Å². The predicted molar refractivity (Wildman–Crippen MR) is 136 cm³/mol. The molecule has 0 aliphatic carbocycles. The van der Waals surface area contributed by atoms with E-state index < -0.39 is 5.97 Å². The van der Waals surface area contributed by atoms with Crippen LogP contribution in [0.5, 0.6) is 17.2 Å². The van der Waals surface area contributed by atoms with Crippen LogP contribution in [0.15, 0.2) is 54.6 Å². The fourth-order valence-corrected chi connectivity index (χ4v) is 5.21. The summed E-state index contributed by atoms with van der Waals surface area (Å²) in [6.07, 6.45) is 0.848. The van der Waals surface area contributed by atoms with Crippen LogP contribution in [0, 0.1) is 0 Å². The Hall–Kier alpha value is -4.20. The third-order valence-corrected chi connectivity index (χ3v) is 6.94. The standard InChI is InChI=1S/C28H27N3O5/c1-3-26-30-21-10-8-18(34-2)13-24(21)31(26)23-6-4-5-20-22(15-36-28(20)23)29-17-7-9-19-16(11-27(32)33)14-35-25(19)12-17/h4-10,12-13,16,22,29H,3,11,14-15H2,1-2H3,(H,32,33). The number of carboxylic acids is 1. The van der Waals surface area contributed by atoms with E-state index in [4.69, 9.17) is 24.3 Å². The molecule has 2 N–H and O–H groups in total. The number of aromatic nitrogens is 2. The van der Waals surface area contributed by atoms with Gasteiger partial charge in [-0.15, -0.1) is 0 Å². The van der Waals surface area contributed by atoms with Gasteiger partial charge in [-0.1, -0.05) is 25.1 Å². The van der Waals surface area contributed by atoms with Crippen molar-refractivity contribution in [3.63, 3.8) is 0 Å². The second-order valence-corrected chi connectivity index (χ2v) is 9.13. The molecule has 36 heavy (non-hydrogen) atoms. The van der Waals surface area contributed by atoms with Crippen LogP contribution in [-0.4, -0.2) is 41.0 Å². The van der Waals surface area contributed by atoms with Gasteiger partial charge >= 0.3 is 5.97 Å². The van der Waals surface area contributed by atoms with Gasteiger partial charge < -0.3 is 24.6 Å². The lowest BCUT2D eigenvalue weighted by Gasteiger charge is -2.15. The second-order valence-electron chi connectivity index (χ2n) is 9.13. The maximum absolute atomic E-state index is 11.1. The molecule has 0 bridgehead atoms. The first-order chi connectivity index (χ1) is 17.6. The Morgan fingerprint density at radius 3 is 2.83 bits per heavy atom. The number of hydrogen-bond donors (Lipinski definition) is 2. The number of benzene rings is 3. The fourth-order valence-electron chi connectivity index (χ4n) is 5.21. The molecule has 0 saturated carbocycles. The van der Waals surface area contributed by atoms with Crippen LogP contribution < -0.4 is 19.5 Å². The summed E-state index contributed by atoms with van der Waals surface area (Å²) in [5.74, 6) is 2.39. The summed E-state index contributed by atoms with van der Waals surface area (Å²) in [7, 11) is 1.67. The van der Waals surface area contributed by atoms with Gasteiger partial charge in [-0.3, -0.25) is 9.36 Å². The summed E-state index contributed by atoms with van der Waals surface area (Å²) in [5, 5.41) is 12.7. The zero-order valence-corrected chi connectivity index (χ0v) is 20.2. The number of carbonyl (C=O) groups is 1. The molecule has 0 saturated heterocycles. The molecule has 6 rings (SSSR count). The van der Waals surface area contributed by atoms with Gasteiger partial charge in [-0.05, 0) is 24.3 Å². The number of nitrogens with one attached hydrogen (secondary N) is 1. The van der Waals surface area contributed by atoms with Crippen molar-refractivity contribution in [1.82, 2.24) is 9.55 Å². The van der Waals surface area contributed by atoms with Crippen molar-refractivity contribution in [1.29, 1.82) is 0 Å². The summed E-state index contributed by atoms with van der Waals surface area (Å²) in [4.78, 5) is 16.0. The van der Waals surface area contributed by atoms with E-state index in [1.54, 1.807) is 7.11 Å². The minimum Gasteiger partial charge on any atom is -0.497 e. The highest BCUT2D eigenvalue weighted by atomic mass is 16.5. The Kier molecular flexibility index (Phi) is 5.44. The van der Waals surface area contributed by atoms with Gasteiger partial charge in [0.1, 0.15) is 29.7 Å². The number of para-hydroxylation sites is 1. The average Bonchev–Trinajstić information content (AvgIpc) is 3.58. The molecule has 2 aliphatic rings. The number of ether oxygens (including phenoxy) is 3. The zero-order chi connectivity index (χ0) is 24.8. The summed E-state index contributed by atoms with van der Waals surface area (Å²) in [5.41, 5.74) is 5.78. The average molecular weight is 486 g/mol. The minimum atomic E-state index is -0.815. The topological polar surface area (TPSA) is 94.8 Å². The molecule has 0 spiro atoms. The fraction of sp³-hybridized carbons (Fsp3) is 0.286. The number of imidazole rings is 1. The summed E-state index contributed by atoms with van der Waals surface area (Å²) >= 11 is 0. The van der Waals surface area contributed by atoms with Gasteiger partial charge in [0, 0.05) is 41.3 Å². The van der Waals surface area contributed by atoms with Crippen LogP contribution in [0.4, 0.5) is 5.69 Å². The summed E-state index contributed by atoms with van der Waals surface area (Å²) in [6.45, 7) is 2.98. The molecule has 2 unspecified atom stereocenters. The Morgan fingerprint density at radius 2 is 2.03 bits per heavy atom. The van der Waals surface area contributed by atoms with Crippen molar-refractivity contribution in [3.8, 4) is 22.9 Å². The number of aryl methyl sites for hydroxylation is 1. The van der Waals surface area contributed by atoms with Crippen molar-refractivity contribution in [3.05, 3.63) is 71.5 Å². The lowest BCUT2D eigenvalue weighted by molar-refractivity contribution is -0.137. The maximum Gasteiger partial charge on any atom is 0.304 e. The summed E-state index contributed by atoms with van der Waals surface area (Å²) in [6, 6.07) is 18.0. The number of nitrogens with zero attached hydrogens (tertiary/aromatic N) is 2. The molecule has 0 radical (unpaired) electrons. The number of anilines is 1. The van der Waals surface area contributed by atoms with Crippen LogP contribution in [0.2, 0.25) is 0 Å². The van der Waals surface area contributed by atoms with E-state index in [1.165, 1.54) is 0 Å². The largest absolute Gasteiger partial charge is 0.497 e. The number of carboxylic acid groups (broad SMARTS) is 1. The molecule has 184 valence electrons. The SMILES string of the molecule is CCc1nc2ccc(OC)cc2n1-c1cccc2c1OCC2Nc1ccc2c(c1)OCC2CC(=O)O. The number of methoxy groups -OCH3 is 1. The lowest BCUT2D eigenvalue weighted by Crippen LogP contribution is -2.11. The third kappa shape index (κ3) is 3.69. The number of hydrogen-bond acceptors (Lipinski definition) is 6. The third-order valence-electron chi connectivity index (χ3n) is 6.94. The van der Waals surface area contributed by atoms with E-state index in [0.717, 1.165) is 63.0 Å². The van der Waals surface area contributed by atoms with E-state index in [1.807, 2.05) is 42.5 Å². The van der Waals surface area contributed by atoms with Crippen molar-refractivity contribution in [2.24, 2.45) is 0 Å². The molecule has 2 atom stereocenters. The Labute approximate surface area is 208 Å². The smallest absolute Gasteiger partial charge is 0.304 e. The van der Waals surface area contributed by atoms with Crippen LogP contribution in [0.1, 0.15) is 42.3 Å². The summed E-state index contributed by atoms with van der Waals surface area (Å²) < 4.78 is 19.7. The number of fused-ring (bicyclic) bond motifs is 3. The van der Waals surface area contributed by atoms with Crippen LogP contribution in [0.25, 0.3) is 16.7 Å². The first-order valence-electron chi connectivity index (χ1n) is 12.1. The lowest BCUT2D eigenvalue weighted by atomic mass is 9.97. The van der Waals surface area contributed by atoms with Crippen molar-refractivity contribution >= 4 is 22.7 Å². The Balaban J connectivity index is 1.33. The molecule has 8 nitrogen and oxygen atoms in total. The van der Waals surface area contributed by atoms with Crippen molar-refractivity contribution in [2.45, 2.75) is 31.7 Å². The Morgan fingerprint density at radius 1 is 1.14 bits per heavy atom. The van der Waals surface area contributed by atoms with E-state index in [-0.39, 0.29) is 18.4 Å². The highest BCUT2D eigenvalue weighted by Gasteiger charge is 2.30. The van der Waals surface area contributed by atoms with Gasteiger partial charge in [0.2, 0.25) is 0 Å². The van der Waals surface area contributed by atoms with Gasteiger partial charge in [0.15, 0.2) is 0 Å². The Bertz CT molecular complexity index is 1480. The highest BCUT2D eigenvalue weighted by molar-refractivity contribution is 5.81. The van der Waals surface area contributed by atoms with Crippen molar-refractivity contribution in [2.75, 3.05) is 25.6 Å². The molecule has 2 aliphatic heterocycles. The number of aliphatic carboxylic acids is 1. The molecular weight excluding hydrogens is 458 g/mol. The van der Waals surface area contributed by atoms with Gasteiger partial charge in [0.05, 0.1) is 42.9 Å². The molecule has 8 heteroatoms. The molecule has 4 aromatic rings. The van der Waals surface area contributed by atoms with E-state index in [2.05, 4.69) is 28.9 Å². The van der Waals surface area contributed by atoms with Crippen LogP contribution >= 0.6 is 0 Å². The quantitative estimate of drug-likeness (QED) is 0.376. The van der Waals surface area contributed by atoms with E-state index >= 15 is 0 Å². The van der Waals surface area contributed by atoms with Gasteiger partial charge in [-0.2, -0.15) is 0 Å².